The highest BCUT2D eigenvalue weighted by Gasteiger charge is 2.30. The molecule has 0 bridgehead atoms. The monoisotopic (exact) mass is 354 g/mol. The Balaban J connectivity index is 1.79. The molecular weight excluding hydrogens is 337 g/mol. The summed E-state index contributed by atoms with van der Waals surface area (Å²) in [7, 11) is 0. The molecule has 0 heterocycles. The van der Waals surface area contributed by atoms with Gasteiger partial charge in [0.25, 0.3) is 0 Å². The van der Waals surface area contributed by atoms with Gasteiger partial charge in [-0.3, -0.25) is 0 Å². The Labute approximate surface area is 143 Å². The van der Waals surface area contributed by atoms with E-state index < -0.39 is 6.36 Å². The number of thiocarbonyl (C=S) groups is 1. The Morgan fingerprint density at radius 2 is 1.75 bits per heavy atom. The van der Waals surface area contributed by atoms with Crippen LogP contribution in [0.2, 0.25) is 0 Å². The molecule has 0 spiro atoms. The smallest absolute Gasteiger partial charge is 0.406 e. The lowest BCUT2D eigenvalue weighted by Crippen LogP contribution is -2.30. The standard InChI is InChI=1S/C17H17F3N2OS/c1-12-4-2-3-5-13(12)10-11-21-16(24)22-14-6-8-15(9-7-14)23-17(18,19)20/h2-9H,10-11H2,1H3,(H2,21,22,24). The molecule has 0 atom stereocenters. The molecule has 0 fully saturated rings. The first-order valence-corrected chi connectivity index (χ1v) is 7.69. The number of ether oxygens (including phenoxy) is 1. The summed E-state index contributed by atoms with van der Waals surface area (Å²) < 4.78 is 40.1. The van der Waals surface area contributed by atoms with E-state index in [0.717, 1.165) is 6.42 Å². The van der Waals surface area contributed by atoms with Crippen molar-refractivity contribution in [2.24, 2.45) is 0 Å². The molecule has 0 aromatic heterocycles. The highest BCUT2D eigenvalue weighted by Crippen LogP contribution is 2.23. The number of nitrogens with one attached hydrogen (secondary N) is 2. The van der Waals surface area contributed by atoms with Crippen molar-refractivity contribution in [2.75, 3.05) is 11.9 Å². The second kappa shape index (κ2) is 8.01. The fourth-order valence-electron chi connectivity index (χ4n) is 2.12. The summed E-state index contributed by atoms with van der Waals surface area (Å²) in [6.07, 6.45) is -3.87. The number of hydrogen-bond donors (Lipinski definition) is 2. The van der Waals surface area contributed by atoms with Crippen LogP contribution in [0.25, 0.3) is 0 Å². The van der Waals surface area contributed by atoms with Crippen molar-refractivity contribution < 1.29 is 17.9 Å². The lowest BCUT2D eigenvalue weighted by atomic mass is 10.1. The first-order chi connectivity index (χ1) is 11.3. The van der Waals surface area contributed by atoms with Gasteiger partial charge >= 0.3 is 6.36 Å². The summed E-state index contributed by atoms with van der Waals surface area (Å²) in [6.45, 7) is 2.71. The lowest BCUT2D eigenvalue weighted by Gasteiger charge is -2.12. The van der Waals surface area contributed by atoms with E-state index in [0.29, 0.717) is 17.3 Å². The van der Waals surface area contributed by atoms with E-state index in [1.54, 1.807) is 0 Å². The SMILES string of the molecule is Cc1ccccc1CCNC(=S)Nc1ccc(OC(F)(F)F)cc1. The molecule has 0 amide bonds. The normalized spacial score (nSPS) is 11.0. The molecule has 2 aromatic carbocycles. The molecule has 24 heavy (non-hydrogen) atoms. The minimum atomic E-state index is -4.69. The molecule has 0 aliphatic heterocycles. The number of hydrogen-bond acceptors (Lipinski definition) is 2. The van der Waals surface area contributed by atoms with Crippen molar-refractivity contribution in [3.8, 4) is 5.75 Å². The zero-order valence-corrected chi connectivity index (χ0v) is 13.8. The zero-order chi connectivity index (χ0) is 17.6. The molecule has 7 heteroatoms. The molecule has 0 radical (unpaired) electrons. The van der Waals surface area contributed by atoms with Crippen LogP contribution in [0.5, 0.6) is 5.75 Å². The van der Waals surface area contributed by atoms with Gasteiger partial charge in [0.1, 0.15) is 5.75 Å². The predicted octanol–water partition coefficient (Wildman–Crippen LogP) is 4.42. The minimum Gasteiger partial charge on any atom is -0.406 e. The average Bonchev–Trinajstić information content (AvgIpc) is 2.50. The molecule has 0 unspecified atom stereocenters. The van der Waals surface area contributed by atoms with Crippen LogP contribution in [0.15, 0.2) is 48.5 Å². The predicted molar refractivity (Wildman–Crippen MR) is 92.2 cm³/mol. The van der Waals surface area contributed by atoms with Gasteiger partial charge in [-0.05, 0) is 61.0 Å². The zero-order valence-electron chi connectivity index (χ0n) is 13.0. The molecule has 0 saturated heterocycles. The Hall–Kier alpha value is -2.28. The van der Waals surface area contributed by atoms with Crippen LogP contribution < -0.4 is 15.4 Å². The summed E-state index contributed by atoms with van der Waals surface area (Å²) in [5, 5.41) is 6.40. The van der Waals surface area contributed by atoms with Gasteiger partial charge in [0.05, 0.1) is 0 Å². The third-order valence-corrected chi connectivity index (χ3v) is 3.53. The largest absolute Gasteiger partial charge is 0.573 e. The summed E-state index contributed by atoms with van der Waals surface area (Å²) in [4.78, 5) is 0. The highest BCUT2D eigenvalue weighted by molar-refractivity contribution is 7.80. The van der Waals surface area contributed by atoms with Gasteiger partial charge < -0.3 is 15.4 Å². The summed E-state index contributed by atoms with van der Waals surface area (Å²) >= 11 is 5.17. The van der Waals surface area contributed by atoms with E-state index in [1.165, 1.54) is 35.4 Å². The average molecular weight is 354 g/mol. The molecule has 0 saturated carbocycles. The summed E-state index contributed by atoms with van der Waals surface area (Å²) in [5.74, 6) is -0.272. The van der Waals surface area contributed by atoms with Crippen molar-refractivity contribution in [1.29, 1.82) is 0 Å². The van der Waals surface area contributed by atoms with Gasteiger partial charge in [0.2, 0.25) is 0 Å². The fourth-order valence-corrected chi connectivity index (χ4v) is 2.34. The maximum atomic E-state index is 12.1. The number of benzene rings is 2. The second-order valence-electron chi connectivity index (χ2n) is 5.13. The molecule has 3 nitrogen and oxygen atoms in total. The highest BCUT2D eigenvalue weighted by atomic mass is 32.1. The first kappa shape index (κ1) is 18.1. The molecule has 2 rings (SSSR count). The molecule has 0 aliphatic carbocycles. The third-order valence-electron chi connectivity index (χ3n) is 3.29. The van der Waals surface area contributed by atoms with E-state index in [2.05, 4.69) is 34.4 Å². The van der Waals surface area contributed by atoms with Crippen LogP contribution in [0, 0.1) is 6.92 Å². The second-order valence-corrected chi connectivity index (χ2v) is 5.54. The summed E-state index contributed by atoms with van der Waals surface area (Å²) in [5.41, 5.74) is 3.04. The van der Waals surface area contributed by atoms with Crippen molar-refractivity contribution in [1.82, 2.24) is 5.32 Å². The van der Waals surface area contributed by atoms with Crippen molar-refractivity contribution in [3.63, 3.8) is 0 Å². The maximum Gasteiger partial charge on any atom is 0.573 e. The molecule has 2 N–H and O–H groups in total. The van der Waals surface area contributed by atoms with Gasteiger partial charge in [-0.25, -0.2) is 0 Å². The van der Waals surface area contributed by atoms with Crippen molar-refractivity contribution >= 4 is 23.0 Å². The quantitative estimate of drug-likeness (QED) is 0.779. The minimum absolute atomic E-state index is 0.272. The fraction of sp³-hybridized carbons (Fsp3) is 0.235. The Kier molecular flexibility index (Phi) is 6.03. The molecule has 0 aliphatic rings. The molecular formula is C17H17F3N2OS. The number of alkyl halides is 3. The van der Waals surface area contributed by atoms with Crippen molar-refractivity contribution in [3.05, 3.63) is 59.7 Å². The van der Waals surface area contributed by atoms with E-state index in [1.807, 2.05) is 12.1 Å². The number of halogens is 3. The number of aryl methyl sites for hydroxylation is 1. The van der Waals surface area contributed by atoms with E-state index in [9.17, 15) is 13.2 Å². The van der Waals surface area contributed by atoms with Gasteiger partial charge in [-0.15, -0.1) is 13.2 Å². The Morgan fingerprint density at radius 3 is 2.38 bits per heavy atom. The van der Waals surface area contributed by atoms with Crippen molar-refractivity contribution in [2.45, 2.75) is 19.7 Å². The summed E-state index contributed by atoms with van der Waals surface area (Å²) in [6, 6.07) is 13.5. The van der Waals surface area contributed by atoms with Gasteiger partial charge in [0.15, 0.2) is 5.11 Å². The lowest BCUT2D eigenvalue weighted by molar-refractivity contribution is -0.274. The van der Waals surface area contributed by atoms with Crippen LogP contribution in [-0.4, -0.2) is 18.0 Å². The first-order valence-electron chi connectivity index (χ1n) is 7.29. The van der Waals surface area contributed by atoms with E-state index in [4.69, 9.17) is 12.2 Å². The van der Waals surface area contributed by atoms with E-state index in [-0.39, 0.29) is 5.75 Å². The number of rotatable bonds is 5. The number of anilines is 1. The van der Waals surface area contributed by atoms with E-state index >= 15 is 0 Å². The van der Waals surface area contributed by atoms with Gasteiger partial charge in [-0.2, -0.15) is 0 Å². The topological polar surface area (TPSA) is 33.3 Å². The van der Waals surface area contributed by atoms with Gasteiger partial charge in [0, 0.05) is 12.2 Å². The Bertz CT molecular complexity index is 687. The molecule has 2 aromatic rings. The van der Waals surface area contributed by atoms with Crippen LogP contribution >= 0.6 is 12.2 Å². The Morgan fingerprint density at radius 1 is 1.08 bits per heavy atom. The van der Waals surface area contributed by atoms with Crippen LogP contribution in [0.3, 0.4) is 0 Å². The maximum absolute atomic E-state index is 12.1. The van der Waals surface area contributed by atoms with Crippen LogP contribution in [-0.2, 0) is 6.42 Å². The van der Waals surface area contributed by atoms with Gasteiger partial charge in [-0.1, -0.05) is 24.3 Å². The molecule has 128 valence electrons. The van der Waals surface area contributed by atoms with Crippen LogP contribution in [0.1, 0.15) is 11.1 Å². The van der Waals surface area contributed by atoms with Crippen LogP contribution in [0.4, 0.5) is 18.9 Å². The third kappa shape index (κ3) is 6.08.